The molecule has 1 aromatic rings. The van der Waals surface area contributed by atoms with Crippen molar-refractivity contribution in [1.82, 2.24) is 20.2 Å². The first-order chi connectivity index (χ1) is 10.3. The monoisotopic (exact) mass is 289 g/mol. The van der Waals surface area contributed by atoms with E-state index < -0.39 is 0 Å². The predicted octanol–water partition coefficient (Wildman–Crippen LogP) is 1.38. The van der Waals surface area contributed by atoms with Gasteiger partial charge < -0.3 is 15.1 Å². The van der Waals surface area contributed by atoms with Crippen molar-refractivity contribution in [2.45, 2.75) is 31.7 Å². The topological polar surface area (TPSA) is 44.3 Å². The van der Waals surface area contributed by atoms with Gasteiger partial charge in [0.2, 0.25) is 5.95 Å². The van der Waals surface area contributed by atoms with Crippen molar-refractivity contribution in [1.29, 1.82) is 0 Å². The molecule has 1 N–H and O–H groups in total. The summed E-state index contributed by atoms with van der Waals surface area (Å²) in [5.74, 6) is 1.69. The van der Waals surface area contributed by atoms with Crippen LogP contribution in [0.15, 0.2) is 18.5 Å². The van der Waals surface area contributed by atoms with Crippen LogP contribution in [-0.4, -0.2) is 60.7 Å². The molecular weight excluding hydrogens is 262 g/mol. The lowest BCUT2D eigenvalue weighted by molar-refractivity contribution is 0.201. The van der Waals surface area contributed by atoms with Crippen molar-refractivity contribution in [3.8, 4) is 0 Å². The summed E-state index contributed by atoms with van der Waals surface area (Å²) >= 11 is 0. The van der Waals surface area contributed by atoms with Crippen LogP contribution in [0.3, 0.4) is 0 Å². The number of rotatable bonds is 4. The Morgan fingerprint density at radius 3 is 2.76 bits per heavy atom. The molecule has 0 spiro atoms. The molecule has 1 aromatic heterocycles. The summed E-state index contributed by atoms with van der Waals surface area (Å²) in [7, 11) is 2.24. The highest BCUT2D eigenvalue weighted by Gasteiger charge is 2.23. The number of nitrogens with zero attached hydrogens (tertiary/aromatic N) is 4. The van der Waals surface area contributed by atoms with Gasteiger partial charge in [0.05, 0.1) is 0 Å². The van der Waals surface area contributed by atoms with Crippen molar-refractivity contribution in [2.75, 3.05) is 44.7 Å². The fourth-order valence-electron chi connectivity index (χ4n) is 3.55. The zero-order chi connectivity index (χ0) is 14.5. The summed E-state index contributed by atoms with van der Waals surface area (Å²) < 4.78 is 0. The van der Waals surface area contributed by atoms with Gasteiger partial charge in [0.1, 0.15) is 0 Å². The molecule has 5 nitrogen and oxygen atoms in total. The first kappa shape index (κ1) is 14.7. The Morgan fingerprint density at radius 2 is 1.95 bits per heavy atom. The van der Waals surface area contributed by atoms with Crippen molar-refractivity contribution in [2.24, 2.45) is 5.92 Å². The second kappa shape index (κ2) is 7.18. The van der Waals surface area contributed by atoms with E-state index in [9.17, 15) is 0 Å². The van der Waals surface area contributed by atoms with Gasteiger partial charge in [-0.1, -0.05) is 0 Å². The number of piperidine rings is 2. The van der Waals surface area contributed by atoms with Crippen LogP contribution >= 0.6 is 0 Å². The summed E-state index contributed by atoms with van der Waals surface area (Å²) in [6.45, 7) is 5.77. The second-order valence-corrected chi connectivity index (χ2v) is 6.51. The van der Waals surface area contributed by atoms with E-state index in [0.29, 0.717) is 6.04 Å². The normalized spacial score (nSPS) is 27.8. The van der Waals surface area contributed by atoms with Crippen LogP contribution in [0.2, 0.25) is 0 Å². The lowest BCUT2D eigenvalue weighted by Crippen LogP contribution is -2.48. The van der Waals surface area contributed by atoms with E-state index in [-0.39, 0.29) is 0 Å². The highest BCUT2D eigenvalue weighted by atomic mass is 15.3. The summed E-state index contributed by atoms with van der Waals surface area (Å²) in [6, 6.07) is 2.46. The molecule has 0 aromatic carbocycles. The highest BCUT2D eigenvalue weighted by molar-refractivity contribution is 5.29. The molecule has 0 saturated carbocycles. The van der Waals surface area contributed by atoms with E-state index in [1.165, 1.54) is 38.8 Å². The molecule has 2 aliphatic rings. The average molecular weight is 289 g/mol. The number of likely N-dealkylation sites (tertiary alicyclic amines) is 1. The van der Waals surface area contributed by atoms with E-state index in [4.69, 9.17) is 0 Å². The third-order valence-electron chi connectivity index (χ3n) is 4.67. The lowest BCUT2D eigenvalue weighted by Gasteiger charge is -2.35. The molecule has 21 heavy (non-hydrogen) atoms. The molecule has 0 amide bonds. The number of nitrogens with one attached hydrogen (secondary N) is 1. The summed E-state index contributed by atoms with van der Waals surface area (Å²) in [5.41, 5.74) is 0. The lowest BCUT2D eigenvalue weighted by atomic mass is 9.97. The zero-order valence-corrected chi connectivity index (χ0v) is 13.0. The maximum Gasteiger partial charge on any atom is 0.225 e. The van der Waals surface area contributed by atoms with Gasteiger partial charge in [0.25, 0.3) is 0 Å². The largest absolute Gasteiger partial charge is 0.339 e. The van der Waals surface area contributed by atoms with E-state index >= 15 is 0 Å². The van der Waals surface area contributed by atoms with E-state index in [2.05, 4.69) is 32.1 Å². The first-order valence-electron chi connectivity index (χ1n) is 8.25. The quantitative estimate of drug-likeness (QED) is 0.907. The van der Waals surface area contributed by atoms with Crippen LogP contribution in [0.25, 0.3) is 0 Å². The van der Waals surface area contributed by atoms with E-state index in [1.54, 1.807) is 0 Å². The van der Waals surface area contributed by atoms with Gasteiger partial charge in [0, 0.05) is 38.1 Å². The minimum Gasteiger partial charge on any atom is -0.339 e. The maximum absolute atomic E-state index is 4.38. The molecule has 0 aliphatic carbocycles. The molecule has 116 valence electrons. The standard InChI is InChI=1S/C16H27N5/c1-20-9-2-5-14(12-20)11-19-15-6-3-10-21(13-15)16-17-7-4-8-18-16/h4,7-8,14-15,19H,2-3,5-6,9-13H2,1H3. The number of anilines is 1. The Balaban J connectivity index is 1.47. The van der Waals surface area contributed by atoms with E-state index in [1.807, 2.05) is 18.5 Å². The molecule has 2 fully saturated rings. The van der Waals surface area contributed by atoms with E-state index in [0.717, 1.165) is 31.5 Å². The fraction of sp³-hybridized carbons (Fsp3) is 0.750. The predicted molar refractivity (Wildman–Crippen MR) is 85.5 cm³/mol. The smallest absolute Gasteiger partial charge is 0.225 e. The van der Waals surface area contributed by atoms with Crippen molar-refractivity contribution >= 4 is 5.95 Å². The number of hydrogen-bond acceptors (Lipinski definition) is 5. The Morgan fingerprint density at radius 1 is 1.14 bits per heavy atom. The van der Waals surface area contributed by atoms with Crippen LogP contribution in [0, 0.1) is 5.92 Å². The molecule has 2 aliphatic heterocycles. The van der Waals surface area contributed by atoms with Crippen molar-refractivity contribution < 1.29 is 0 Å². The maximum atomic E-state index is 4.38. The first-order valence-corrected chi connectivity index (χ1v) is 8.25. The zero-order valence-electron chi connectivity index (χ0n) is 13.0. The second-order valence-electron chi connectivity index (χ2n) is 6.51. The molecule has 2 saturated heterocycles. The van der Waals surface area contributed by atoms with Crippen molar-refractivity contribution in [3.05, 3.63) is 18.5 Å². The molecule has 5 heteroatoms. The van der Waals surface area contributed by atoms with Gasteiger partial charge in [0.15, 0.2) is 0 Å². The number of hydrogen-bond donors (Lipinski definition) is 1. The molecule has 2 unspecified atom stereocenters. The van der Waals surface area contributed by atoms with Gasteiger partial charge >= 0.3 is 0 Å². The van der Waals surface area contributed by atoms with Crippen LogP contribution in [0.1, 0.15) is 25.7 Å². The van der Waals surface area contributed by atoms with Gasteiger partial charge in [-0.2, -0.15) is 0 Å². The molecule has 3 heterocycles. The van der Waals surface area contributed by atoms with Crippen molar-refractivity contribution in [3.63, 3.8) is 0 Å². The Hall–Kier alpha value is -1.20. The Kier molecular flexibility index (Phi) is 5.04. The summed E-state index contributed by atoms with van der Waals surface area (Å²) in [5, 5.41) is 3.79. The van der Waals surface area contributed by atoms with Gasteiger partial charge in [-0.25, -0.2) is 9.97 Å². The van der Waals surface area contributed by atoms with Crippen LogP contribution in [0.4, 0.5) is 5.95 Å². The molecule has 0 radical (unpaired) electrons. The third-order valence-corrected chi connectivity index (χ3v) is 4.67. The fourth-order valence-corrected chi connectivity index (χ4v) is 3.55. The molecule has 3 rings (SSSR count). The highest BCUT2D eigenvalue weighted by Crippen LogP contribution is 2.17. The SMILES string of the molecule is CN1CCCC(CNC2CCCN(c3ncccn3)C2)C1. The van der Waals surface area contributed by atoms with Gasteiger partial charge in [-0.05, 0) is 57.8 Å². The minimum atomic E-state index is 0.579. The number of aromatic nitrogens is 2. The summed E-state index contributed by atoms with van der Waals surface area (Å²) in [6.07, 6.45) is 8.87. The van der Waals surface area contributed by atoms with Gasteiger partial charge in [-0.15, -0.1) is 0 Å². The Bertz CT molecular complexity index is 424. The van der Waals surface area contributed by atoms with Crippen LogP contribution in [-0.2, 0) is 0 Å². The van der Waals surface area contributed by atoms with Gasteiger partial charge in [-0.3, -0.25) is 0 Å². The molecule has 0 bridgehead atoms. The Labute approximate surface area is 127 Å². The average Bonchev–Trinajstić information content (AvgIpc) is 2.54. The molecular formula is C16H27N5. The summed E-state index contributed by atoms with van der Waals surface area (Å²) in [4.78, 5) is 13.5. The van der Waals surface area contributed by atoms with Crippen LogP contribution in [0.5, 0.6) is 0 Å². The van der Waals surface area contributed by atoms with Crippen LogP contribution < -0.4 is 10.2 Å². The minimum absolute atomic E-state index is 0.579. The molecule has 2 atom stereocenters. The third kappa shape index (κ3) is 4.14.